The van der Waals surface area contributed by atoms with Gasteiger partial charge in [-0.3, -0.25) is 9.36 Å². The summed E-state index contributed by atoms with van der Waals surface area (Å²) in [7, 11) is 3.05. The molecule has 0 N–H and O–H groups in total. The van der Waals surface area contributed by atoms with Crippen molar-refractivity contribution >= 4 is 45.3 Å². The number of aromatic nitrogens is 1. The number of hydrogen-bond acceptors (Lipinski definition) is 10. The molecule has 2 aromatic carbocycles. The van der Waals surface area contributed by atoms with Crippen molar-refractivity contribution in [3.05, 3.63) is 100 Å². The van der Waals surface area contributed by atoms with Crippen molar-refractivity contribution in [3.63, 3.8) is 0 Å². The first-order valence-electron chi connectivity index (χ1n) is 14.5. The van der Waals surface area contributed by atoms with Crippen LogP contribution in [0.2, 0.25) is 0 Å². The van der Waals surface area contributed by atoms with Gasteiger partial charge in [0, 0.05) is 16.1 Å². The zero-order valence-electron chi connectivity index (χ0n) is 26.4. The number of thiazole rings is 1. The lowest BCUT2D eigenvalue weighted by Gasteiger charge is -2.26. The molecule has 0 saturated carbocycles. The van der Waals surface area contributed by atoms with Crippen molar-refractivity contribution in [1.29, 1.82) is 0 Å². The Morgan fingerprint density at radius 1 is 1.07 bits per heavy atom. The van der Waals surface area contributed by atoms with Gasteiger partial charge in [-0.25, -0.2) is 14.6 Å². The maximum Gasteiger partial charge on any atom is 0.338 e. The Morgan fingerprint density at radius 3 is 2.43 bits per heavy atom. The average molecular weight is 710 g/mol. The number of methoxy groups -OCH3 is 2. The van der Waals surface area contributed by atoms with Crippen LogP contribution < -0.4 is 24.4 Å². The molecular formula is C34H33BrN2O8S. The van der Waals surface area contributed by atoms with Gasteiger partial charge in [0.05, 0.1) is 54.3 Å². The zero-order valence-corrected chi connectivity index (χ0v) is 28.8. The third-order valence-electron chi connectivity index (χ3n) is 7.28. The Labute approximate surface area is 277 Å². The molecule has 2 aromatic heterocycles. The number of furan rings is 1. The van der Waals surface area contributed by atoms with Gasteiger partial charge in [0.15, 0.2) is 16.3 Å². The number of allylic oxidation sites excluding steroid dienone is 1. The number of esters is 2. The number of aryl methyl sites for hydroxylation is 1. The smallest absolute Gasteiger partial charge is 0.338 e. The van der Waals surface area contributed by atoms with Crippen molar-refractivity contribution in [1.82, 2.24) is 4.57 Å². The fraction of sp³-hybridized carbons (Fsp3) is 0.294. The van der Waals surface area contributed by atoms with E-state index >= 15 is 0 Å². The molecule has 3 heterocycles. The fourth-order valence-electron chi connectivity index (χ4n) is 5.22. The summed E-state index contributed by atoms with van der Waals surface area (Å²) in [5, 5.41) is 0. The molecule has 10 nitrogen and oxygen atoms in total. The van der Waals surface area contributed by atoms with Crippen molar-refractivity contribution in [2.24, 2.45) is 4.99 Å². The molecule has 1 aliphatic heterocycles. The van der Waals surface area contributed by atoms with Gasteiger partial charge in [-0.15, -0.1) is 0 Å². The molecule has 0 spiro atoms. The predicted octanol–water partition coefficient (Wildman–Crippen LogP) is 5.71. The number of ether oxygens (including phenoxy) is 4. The summed E-state index contributed by atoms with van der Waals surface area (Å²) in [6.07, 6.45) is 1.43. The van der Waals surface area contributed by atoms with Gasteiger partial charge in [0.2, 0.25) is 0 Å². The van der Waals surface area contributed by atoms with E-state index in [-0.39, 0.29) is 29.8 Å². The molecule has 240 valence electrons. The van der Waals surface area contributed by atoms with Crippen LogP contribution in [0.5, 0.6) is 11.5 Å². The summed E-state index contributed by atoms with van der Waals surface area (Å²) >= 11 is 4.80. The van der Waals surface area contributed by atoms with Gasteiger partial charge in [-0.05, 0) is 82.1 Å². The van der Waals surface area contributed by atoms with E-state index < -0.39 is 12.0 Å². The zero-order chi connectivity index (χ0) is 33.3. The summed E-state index contributed by atoms with van der Waals surface area (Å²) in [5.41, 5.74) is 3.01. The highest BCUT2D eigenvalue weighted by atomic mass is 79.9. The molecule has 0 bridgehead atoms. The standard InChI is InChI=1S/C34H33BrN2O8S/c1-8-43-33(40)29-19(5)36-34-37(30(29)23-15-26(41-6)27(42-7)16-24(23)35)31(38)28(46-34)14-21-10-12-25(45-21)22-11-9-20(13-18(22)4)32(39)44-17(2)3/h9-17,30H,8H2,1-7H3/b28-14+/t30-/m1/s1. The molecule has 12 heteroatoms. The van der Waals surface area contributed by atoms with Crippen LogP contribution in [0.3, 0.4) is 0 Å². The highest BCUT2D eigenvalue weighted by molar-refractivity contribution is 9.10. The van der Waals surface area contributed by atoms with Gasteiger partial charge in [-0.2, -0.15) is 0 Å². The minimum Gasteiger partial charge on any atom is -0.493 e. The average Bonchev–Trinajstić information content (AvgIpc) is 3.59. The van der Waals surface area contributed by atoms with Gasteiger partial charge in [0.1, 0.15) is 11.5 Å². The number of fused-ring (bicyclic) bond motifs is 1. The Kier molecular flexibility index (Phi) is 9.68. The molecular weight excluding hydrogens is 676 g/mol. The summed E-state index contributed by atoms with van der Waals surface area (Å²) in [6, 6.07) is 11.5. The molecule has 0 saturated heterocycles. The lowest BCUT2D eigenvalue weighted by molar-refractivity contribution is -0.139. The molecule has 0 amide bonds. The summed E-state index contributed by atoms with van der Waals surface area (Å²) in [5.74, 6) is 0.988. The van der Waals surface area contributed by atoms with Crippen molar-refractivity contribution in [2.45, 2.75) is 46.8 Å². The van der Waals surface area contributed by atoms with E-state index in [9.17, 15) is 14.4 Å². The first kappa shape index (κ1) is 33.0. The van der Waals surface area contributed by atoms with Crippen LogP contribution in [-0.4, -0.2) is 43.4 Å². The minimum absolute atomic E-state index is 0.158. The Bertz CT molecular complexity index is 2050. The predicted molar refractivity (Wildman–Crippen MR) is 177 cm³/mol. The third-order valence-corrected chi connectivity index (χ3v) is 8.95. The molecule has 0 unspecified atom stereocenters. The number of rotatable bonds is 9. The second kappa shape index (κ2) is 13.5. The molecule has 4 aromatic rings. The topological polar surface area (TPSA) is 119 Å². The van der Waals surface area contributed by atoms with Crippen LogP contribution in [-0.2, 0) is 14.3 Å². The van der Waals surface area contributed by atoms with E-state index in [0.29, 0.717) is 53.6 Å². The molecule has 46 heavy (non-hydrogen) atoms. The van der Waals surface area contributed by atoms with Crippen LogP contribution >= 0.6 is 27.3 Å². The normalized spacial score (nSPS) is 14.6. The van der Waals surface area contributed by atoms with E-state index in [4.69, 9.17) is 23.4 Å². The molecule has 1 aliphatic rings. The summed E-state index contributed by atoms with van der Waals surface area (Å²) in [4.78, 5) is 44.8. The van der Waals surface area contributed by atoms with Crippen molar-refractivity contribution < 1.29 is 33.0 Å². The first-order chi connectivity index (χ1) is 22.0. The Balaban J connectivity index is 1.60. The highest BCUT2D eigenvalue weighted by Gasteiger charge is 2.35. The second-order valence-electron chi connectivity index (χ2n) is 10.7. The fourth-order valence-corrected chi connectivity index (χ4v) is 6.78. The number of hydrogen-bond donors (Lipinski definition) is 0. The lowest BCUT2D eigenvalue weighted by atomic mass is 9.95. The number of carbonyl (C=O) groups is 2. The maximum atomic E-state index is 14.1. The minimum atomic E-state index is -0.859. The van der Waals surface area contributed by atoms with E-state index in [1.807, 2.05) is 19.1 Å². The van der Waals surface area contributed by atoms with Crippen LogP contribution in [0.15, 0.2) is 72.4 Å². The van der Waals surface area contributed by atoms with Crippen molar-refractivity contribution in [3.8, 4) is 22.8 Å². The quantitative estimate of drug-likeness (QED) is 0.203. The largest absolute Gasteiger partial charge is 0.493 e. The van der Waals surface area contributed by atoms with Crippen LogP contribution in [0.1, 0.15) is 61.0 Å². The summed E-state index contributed by atoms with van der Waals surface area (Å²) in [6.45, 7) is 9.09. The van der Waals surface area contributed by atoms with Crippen molar-refractivity contribution in [2.75, 3.05) is 20.8 Å². The van der Waals surface area contributed by atoms with Gasteiger partial charge < -0.3 is 23.4 Å². The van der Waals surface area contributed by atoms with E-state index in [1.165, 1.54) is 30.1 Å². The van der Waals surface area contributed by atoms with Crippen LogP contribution in [0.25, 0.3) is 17.4 Å². The Morgan fingerprint density at radius 2 is 1.78 bits per heavy atom. The SMILES string of the molecule is CCOC(=O)C1=C(C)N=c2s/c(=C/c3ccc(-c4ccc(C(=O)OC(C)C)cc4C)o3)c(=O)n2[C@@H]1c1cc(OC)c(OC)cc1Br. The van der Waals surface area contributed by atoms with E-state index in [0.717, 1.165) is 11.1 Å². The number of benzene rings is 2. The van der Waals surface area contributed by atoms with Gasteiger partial charge in [0.25, 0.3) is 5.56 Å². The van der Waals surface area contributed by atoms with Gasteiger partial charge >= 0.3 is 11.9 Å². The van der Waals surface area contributed by atoms with Crippen LogP contribution in [0.4, 0.5) is 0 Å². The number of nitrogens with zero attached hydrogens (tertiary/aromatic N) is 2. The summed E-state index contributed by atoms with van der Waals surface area (Å²) < 4.78 is 30.3. The molecule has 1 atom stereocenters. The Hall–Kier alpha value is -4.42. The van der Waals surface area contributed by atoms with Crippen LogP contribution in [0, 0.1) is 6.92 Å². The van der Waals surface area contributed by atoms with E-state index in [1.54, 1.807) is 64.1 Å². The van der Waals surface area contributed by atoms with Gasteiger partial charge in [-0.1, -0.05) is 33.3 Å². The first-order valence-corrected chi connectivity index (χ1v) is 16.1. The number of carbonyl (C=O) groups excluding carboxylic acids is 2. The van der Waals surface area contributed by atoms with E-state index in [2.05, 4.69) is 20.9 Å². The lowest BCUT2D eigenvalue weighted by Crippen LogP contribution is -2.40. The molecule has 0 radical (unpaired) electrons. The molecule has 0 aliphatic carbocycles. The molecule has 5 rings (SSSR count). The second-order valence-corrected chi connectivity index (χ2v) is 12.6. The number of halogens is 1. The monoisotopic (exact) mass is 708 g/mol. The highest BCUT2D eigenvalue weighted by Crippen LogP contribution is 2.41. The molecule has 0 fully saturated rings. The maximum absolute atomic E-state index is 14.1. The third kappa shape index (κ3) is 6.32.